The standard InChI is InChI=1S/C26H21BrClFN4O6S2/c1-16-14-31(40(36,37)20-8-4-19(5-9-20)33(34)35)15-26-25(16,22-12-17(27)13-23(29)24(22)30-26)10-11-32(26)41(38,39)21-6-2-18(28)3-7-21/h2-9,12-13,30H,1,10-11,14-15H2. The molecule has 2 unspecified atom stereocenters. The Morgan fingerprint density at radius 1 is 1.02 bits per heavy atom. The highest BCUT2D eigenvalue weighted by molar-refractivity contribution is 9.10. The number of nitrogens with zero attached hydrogens (tertiary/aromatic N) is 3. The smallest absolute Gasteiger partial charge is 0.269 e. The van der Waals surface area contributed by atoms with Gasteiger partial charge in [-0.3, -0.25) is 10.1 Å². The zero-order chi connectivity index (χ0) is 29.5. The van der Waals surface area contributed by atoms with Crippen LogP contribution >= 0.6 is 27.5 Å². The van der Waals surface area contributed by atoms with Crippen LogP contribution in [0, 0.1) is 15.9 Å². The largest absolute Gasteiger partial charge is 0.362 e. The highest BCUT2D eigenvalue weighted by atomic mass is 79.9. The first-order valence-corrected chi connectivity index (χ1v) is 16.3. The summed E-state index contributed by atoms with van der Waals surface area (Å²) in [7, 11) is -8.57. The fourth-order valence-electron chi connectivity index (χ4n) is 6.34. The first-order valence-electron chi connectivity index (χ1n) is 12.2. The van der Waals surface area contributed by atoms with Gasteiger partial charge in [-0.2, -0.15) is 8.61 Å². The van der Waals surface area contributed by atoms with Crippen molar-refractivity contribution in [3.8, 4) is 0 Å². The normalized spacial score (nSPS) is 24.4. The molecule has 3 aromatic carbocycles. The number of piperidine rings is 1. The van der Waals surface area contributed by atoms with E-state index in [1.165, 1.54) is 34.6 Å². The van der Waals surface area contributed by atoms with Crippen LogP contribution in [0.2, 0.25) is 5.02 Å². The van der Waals surface area contributed by atoms with Crippen LogP contribution in [-0.2, 0) is 25.5 Å². The maximum Gasteiger partial charge on any atom is 0.269 e. The first kappa shape index (κ1) is 28.2. The summed E-state index contributed by atoms with van der Waals surface area (Å²) in [5.41, 5.74) is -2.18. The quantitative estimate of drug-likeness (QED) is 0.231. The number of rotatable bonds is 5. The van der Waals surface area contributed by atoms with E-state index in [0.717, 1.165) is 28.6 Å². The molecule has 15 heteroatoms. The molecule has 214 valence electrons. The van der Waals surface area contributed by atoms with Crippen LogP contribution in [-0.4, -0.2) is 55.7 Å². The zero-order valence-electron chi connectivity index (χ0n) is 21.1. The van der Waals surface area contributed by atoms with Crippen molar-refractivity contribution < 1.29 is 26.1 Å². The van der Waals surface area contributed by atoms with Crippen LogP contribution in [0.1, 0.15) is 12.0 Å². The number of anilines is 1. The second-order valence-corrected chi connectivity index (χ2v) is 15.3. The zero-order valence-corrected chi connectivity index (χ0v) is 25.0. The number of halogens is 3. The van der Waals surface area contributed by atoms with Crippen LogP contribution in [0.3, 0.4) is 0 Å². The maximum atomic E-state index is 15.4. The molecule has 0 saturated carbocycles. The third-order valence-corrected chi connectivity index (χ3v) is 12.6. The Kier molecular flexibility index (Phi) is 6.42. The Morgan fingerprint density at radius 3 is 2.27 bits per heavy atom. The van der Waals surface area contributed by atoms with Gasteiger partial charge >= 0.3 is 0 Å². The minimum Gasteiger partial charge on any atom is -0.362 e. The van der Waals surface area contributed by atoms with Crippen molar-refractivity contribution in [3.63, 3.8) is 0 Å². The second-order valence-electron chi connectivity index (χ2n) is 10.1. The molecular formula is C26H21BrClFN4O6S2. The van der Waals surface area contributed by atoms with E-state index in [1.54, 1.807) is 6.07 Å². The van der Waals surface area contributed by atoms with Gasteiger partial charge in [0.25, 0.3) is 5.69 Å². The molecule has 0 amide bonds. The maximum absolute atomic E-state index is 15.4. The predicted molar refractivity (Wildman–Crippen MR) is 153 cm³/mol. The molecule has 0 spiro atoms. The molecule has 0 aromatic heterocycles. The van der Waals surface area contributed by atoms with Crippen LogP contribution in [0.25, 0.3) is 0 Å². The Bertz CT molecular complexity index is 1860. The van der Waals surface area contributed by atoms with E-state index in [9.17, 15) is 26.9 Å². The lowest BCUT2D eigenvalue weighted by molar-refractivity contribution is -0.384. The number of nitro groups is 1. The molecular weight excluding hydrogens is 663 g/mol. The Balaban J connectivity index is 1.53. The lowest BCUT2D eigenvalue weighted by Crippen LogP contribution is -2.69. The van der Waals surface area contributed by atoms with Gasteiger partial charge in [0.15, 0.2) is 0 Å². The van der Waals surface area contributed by atoms with Crippen molar-refractivity contribution in [2.45, 2.75) is 27.3 Å². The second kappa shape index (κ2) is 9.31. The number of hydrogen-bond acceptors (Lipinski definition) is 7. The number of hydrogen-bond donors (Lipinski definition) is 1. The summed E-state index contributed by atoms with van der Waals surface area (Å²) >= 11 is 9.33. The molecule has 3 aliphatic rings. The summed E-state index contributed by atoms with van der Waals surface area (Å²) in [6, 6.07) is 13.0. The number of fused-ring (bicyclic) bond motifs is 1. The summed E-state index contributed by atoms with van der Waals surface area (Å²) < 4.78 is 74.2. The van der Waals surface area contributed by atoms with Gasteiger partial charge in [0.2, 0.25) is 20.0 Å². The number of nitrogens with one attached hydrogen (secondary N) is 1. The van der Waals surface area contributed by atoms with Gasteiger partial charge in [-0.25, -0.2) is 21.2 Å². The Morgan fingerprint density at radius 2 is 1.63 bits per heavy atom. The van der Waals surface area contributed by atoms with Crippen LogP contribution < -0.4 is 5.32 Å². The Labute approximate surface area is 248 Å². The van der Waals surface area contributed by atoms with Gasteiger partial charge in [0.1, 0.15) is 11.5 Å². The molecule has 3 aromatic rings. The molecule has 0 aliphatic carbocycles. The van der Waals surface area contributed by atoms with Crippen molar-refractivity contribution in [1.29, 1.82) is 0 Å². The highest BCUT2D eigenvalue weighted by Crippen LogP contribution is 2.63. The summed E-state index contributed by atoms with van der Waals surface area (Å²) in [6.45, 7) is 3.66. The monoisotopic (exact) mass is 682 g/mol. The third-order valence-electron chi connectivity index (χ3n) is 8.13. The van der Waals surface area contributed by atoms with Crippen molar-refractivity contribution >= 4 is 59.0 Å². The molecule has 0 radical (unpaired) electrons. The van der Waals surface area contributed by atoms with E-state index in [4.69, 9.17) is 11.6 Å². The summed E-state index contributed by atoms with van der Waals surface area (Å²) in [6.07, 6.45) is 0.222. The Hall–Kier alpha value is -2.88. The lowest BCUT2D eigenvalue weighted by Gasteiger charge is -2.52. The van der Waals surface area contributed by atoms with Crippen LogP contribution in [0.5, 0.6) is 0 Å². The van der Waals surface area contributed by atoms with Gasteiger partial charge in [0.05, 0.1) is 32.4 Å². The van der Waals surface area contributed by atoms with Crippen LogP contribution in [0.4, 0.5) is 15.8 Å². The van der Waals surface area contributed by atoms with Crippen molar-refractivity contribution in [2.75, 3.05) is 25.0 Å². The number of nitro benzene ring substituents is 1. The van der Waals surface area contributed by atoms with E-state index in [1.807, 2.05) is 0 Å². The fraction of sp³-hybridized carbons (Fsp3) is 0.231. The molecule has 0 bridgehead atoms. The molecule has 1 N–H and O–H groups in total. The molecule has 2 atom stereocenters. The van der Waals surface area contributed by atoms with Crippen molar-refractivity contribution in [2.24, 2.45) is 0 Å². The van der Waals surface area contributed by atoms with E-state index in [-0.39, 0.29) is 47.2 Å². The number of benzene rings is 3. The fourth-order valence-corrected chi connectivity index (χ4v) is 10.1. The molecule has 2 fully saturated rings. The van der Waals surface area contributed by atoms with Crippen molar-refractivity contribution in [1.82, 2.24) is 8.61 Å². The molecule has 6 rings (SSSR count). The summed E-state index contributed by atoms with van der Waals surface area (Å²) in [5.74, 6) is -0.633. The van der Waals surface area contributed by atoms with Gasteiger partial charge in [-0.1, -0.05) is 34.1 Å². The van der Waals surface area contributed by atoms with E-state index in [2.05, 4.69) is 27.8 Å². The molecule has 41 heavy (non-hydrogen) atoms. The molecule has 2 saturated heterocycles. The third kappa shape index (κ3) is 3.92. The van der Waals surface area contributed by atoms with Gasteiger partial charge in [-0.05, 0) is 66.1 Å². The topological polar surface area (TPSA) is 130 Å². The average molecular weight is 684 g/mol. The van der Waals surface area contributed by atoms with E-state index in [0.29, 0.717) is 20.6 Å². The molecule has 3 aliphatic heterocycles. The minimum atomic E-state index is -4.30. The first-order chi connectivity index (χ1) is 19.2. The summed E-state index contributed by atoms with van der Waals surface area (Å²) in [4.78, 5) is 10.2. The lowest BCUT2D eigenvalue weighted by atomic mass is 9.66. The highest BCUT2D eigenvalue weighted by Gasteiger charge is 2.71. The van der Waals surface area contributed by atoms with E-state index >= 15 is 4.39 Å². The average Bonchev–Trinajstić information content (AvgIpc) is 3.41. The predicted octanol–water partition coefficient (Wildman–Crippen LogP) is 4.86. The molecule has 10 nitrogen and oxygen atoms in total. The van der Waals surface area contributed by atoms with Crippen molar-refractivity contribution in [3.05, 3.63) is 104 Å². The van der Waals surface area contributed by atoms with Gasteiger partial charge in [-0.15, -0.1) is 0 Å². The SMILES string of the molecule is C=C1CN(S(=O)(=O)c2ccc([N+](=O)[O-])cc2)CC23Nc4c(F)cc(Br)cc4C12CCN3S(=O)(=O)c1ccc(Cl)cc1. The summed E-state index contributed by atoms with van der Waals surface area (Å²) in [5, 5.41) is 14.5. The number of non-ortho nitro benzene ring substituents is 1. The number of sulfonamides is 2. The van der Waals surface area contributed by atoms with Gasteiger partial charge in [0, 0.05) is 34.7 Å². The molecule has 3 heterocycles. The minimum absolute atomic E-state index is 0.00400. The van der Waals surface area contributed by atoms with Gasteiger partial charge < -0.3 is 5.32 Å². The van der Waals surface area contributed by atoms with Crippen LogP contribution in [0.15, 0.2) is 87.1 Å². The van der Waals surface area contributed by atoms with E-state index < -0.39 is 41.9 Å².